The molecular formula is C29H45F5N2O2S. The Bertz CT molecular complexity index is 875. The Morgan fingerprint density at radius 3 is 2.46 bits per heavy atom. The van der Waals surface area contributed by atoms with Gasteiger partial charge in [0.1, 0.15) is 12.0 Å². The lowest BCUT2D eigenvalue weighted by atomic mass is 9.98. The highest BCUT2D eigenvalue weighted by Crippen LogP contribution is 2.29. The second kappa shape index (κ2) is 20.9. The van der Waals surface area contributed by atoms with E-state index in [1.165, 1.54) is 19.1 Å². The smallest absolute Gasteiger partial charge is 0.390 e. The number of allylic oxidation sites excluding steroid dienone is 3. The largest absolute Gasteiger partial charge is 0.416 e. The summed E-state index contributed by atoms with van der Waals surface area (Å²) in [5, 5.41) is 16.6. The van der Waals surface area contributed by atoms with Crippen LogP contribution in [0.2, 0.25) is 0 Å². The zero-order valence-corrected chi connectivity index (χ0v) is 24.5. The number of thioether (sulfide) groups is 1. The van der Waals surface area contributed by atoms with E-state index >= 15 is 0 Å². The third-order valence-electron chi connectivity index (χ3n) is 5.53. The van der Waals surface area contributed by atoms with Gasteiger partial charge in [-0.3, -0.25) is 4.79 Å². The minimum absolute atomic E-state index is 0.0106. The van der Waals surface area contributed by atoms with Crippen molar-refractivity contribution in [3.8, 4) is 0 Å². The first-order chi connectivity index (χ1) is 18.5. The molecule has 0 heterocycles. The van der Waals surface area contributed by atoms with Gasteiger partial charge in [0.2, 0.25) is 5.91 Å². The molecule has 1 aromatic rings. The van der Waals surface area contributed by atoms with Crippen LogP contribution in [0, 0.1) is 0 Å². The van der Waals surface area contributed by atoms with Gasteiger partial charge in [0.25, 0.3) is 0 Å². The maximum atomic E-state index is 14.1. The van der Waals surface area contributed by atoms with Crippen molar-refractivity contribution >= 4 is 17.7 Å². The lowest BCUT2D eigenvalue weighted by molar-refractivity contribution is -0.137. The molecule has 3 atom stereocenters. The summed E-state index contributed by atoms with van der Waals surface area (Å²) < 4.78 is 66.1. The molecule has 1 amide bonds. The predicted molar refractivity (Wildman–Crippen MR) is 152 cm³/mol. The Kier molecular flexibility index (Phi) is 19.9. The molecule has 1 rings (SSSR count). The molecule has 0 fully saturated rings. The van der Waals surface area contributed by atoms with Crippen LogP contribution >= 0.6 is 11.8 Å². The third kappa shape index (κ3) is 17.4. The molecule has 0 radical (unpaired) electrons. The number of nitrogens with one attached hydrogen (secondary N) is 2. The number of halogens is 5. The zero-order chi connectivity index (χ0) is 29.8. The normalized spacial score (nSPS) is 14.7. The molecule has 4 nitrogen and oxygen atoms in total. The summed E-state index contributed by atoms with van der Waals surface area (Å²) >= 11 is 1.67. The van der Waals surface area contributed by atoms with E-state index in [2.05, 4.69) is 17.6 Å². The zero-order valence-electron chi connectivity index (χ0n) is 23.7. The van der Waals surface area contributed by atoms with Gasteiger partial charge in [0.15, 0.2) is 0 Å². The van der Waals surface area contributed by atoms with Crippen molar-refractivity contribution in [3.63, 3.8) is 0 Å². The highest BCUT2D eigenvalue weighted by Gasteiger charge is 2.30. The summed E-state index contributed by atoms with van der Waals surface area (Å²) in [7, 11) is 0. The SMILES string of the molecule is CC.CCCCSCCC(=O)NC(C/C(=C/C(F)=C\C(C)F)CC)C(O)CNCc1cccc(C(F)(F)F)c1. The number of aliphatic hydroxyl groups excluding tert-OH is 1. The number of carbonyl (C=O) groups excluding carboxylic acids is 1. The molecule has 3 N–H and O–H groups in total. The van der Waals surface area contributed by atoms with E-state index in [0.29, 0.717) is 23.3 Å². The van der Waals surface area contributed by atoms with Gasteiger partial charge >= 0.3 is 6.18 Å². The van der Waals surface area contributed by atoms with E-state index in [1.807, 2.05) is 13.8 Å². The number of benzene rings is 1. The molecule has 0 aromatic heterocycles. The van der Waals surface area contributed by atoms with Crippen molar-refractivity contribution < 1.29 is 31.9 Å². The third-order valence-corrected chi connectivity index (χ3v) is 6.60. The van der Waals surface area contributed by atoms with Crippen LogP contribution in [0.25, 0.3) is 0 Å². The van der Waals surface area contributed by atoms with Gasteiger partial charge in [-0.1, -0.05) is 57.9 Å². The quantitative estimate of drug-likeness (QED) is 0.101. The van der Waals surface area contributed by atoms with Crippen LogP contribution in [0.4, 0.5) is 22.0 Å². The number of alkyl halides is 4. The molecule has 3 unspecified atom stereocenters. The Labute approximate surface area is 234 Å². The van der Waals surface area contributed by atoms with Crippen LogP contribution in [0.3, 0.4) is 0 Å². The molecule has 224 valence electrons. The van der Waals surface area contributed by atoms with E-state index in [9.17, 15) is 31.9 Å². The fraction of sp³-hybridized carbons (Fsp3) is 0.621. The molecule has 39 heavy (non-hydrogen) atoms. The summed E-state index contributed by atoms with van der Waals surface area (Å²) in [5.74, 6) is 0.595. The summed E-state index contributed by atoms with van der Waals surface area (Å²) in [4.78, 5) is 12.5. The predicted octanol–water partition coefficient (Wildman–Crippen LogP) is 7.53. The Balaban J connectivity index is 0.00000704. The van der Waals surface area contributed by atoms with Gasteiger partial charge in [0, 0.05) is 25.3 Å². The number of rotatable bonds is 17. The van der Waals surface area contributed by atoms with E-state index in [1.54, 1.807) is 24.8 Å². The molecule has 10 heteroatoms. The van der Waals surface area contributed by atoms with Crippen LogP contribution < -0.4 is 10.6 Å². The summed E-state index contributed by atoms with van der Waals surface area (Å²) in [5.41, 5.74) is 0.215. The van der Waals surface area contributed by atoms with E-state index < -0.39 is 35.9 Å². The molecular weight excluding hydrogens is 535 g/mol. The van der Waals surface area contributed by atoms with Crippen molar-refractivity contribution in [2.45, 2.75) is 97.8 Å². The molecule has 0 bridgehead atoms. The summed E-state index contributed by atoms with van der Waals surface area (Å²) in [6, 6.07) is 4.12. The Morgan fingerprint density at radius 2 is 1.87 bits per heavy atom. The lowest BCUT2D eigenvalue weighted by Crippen LogP contribution is -2.47. The van der Waals surface area contributed by atoms with Crippen LogP contribution in [0.1, 0.15) is 77.8 Å². The topological polar surface area (TPSA) is 61.4 Å². The van der Waals surface area contributed by atoms with Crippen LogP contribution in [-0.2, 0) is 17.5 Å². The molecule has 0 saturated carbocycles. The van der Waals surface area contributed by atoms with E-state index in [0.717, 1.165) is 36.8 Å². The average molecular weight is 581 g/mol. The van der Waals surface area contributed by atoms with Crippen LogP contribution in [-0.4, -0.2) is 47.4 Å². The first-order valence-corrected chi connectivity index (χ1v) is 14.7. The number of hydrogen-bond acceptors (Lipinski definition) is 4. The minimum atomic E-state index is -4.45. The fourth-order valence-electron chi connectivity index (χ4n) is 3.49. The van der Waals surface area contributed by atoms with Crippen LogP contribution in [0.15, 0.2) is 47.8 Å². The lowest BCUT2D eigenvalue weighted by Gasteiger charge is -2.26. The molecule has 0 aliphatic rings. The average Bonchev–Trinajstić information content (AvgIpc) is 2.88. The monoisotopic (exact) mass is 580 g/mol. The summed E-state index contributed by atoms with van der Waals surface area (Å²) in [6.07, 6.45) is -2.01. The minimum Gasteiger partial charge on any atom is -0.390 e. The van der Waals surface area contributed by atoms with Crippen molar-refractivity contribution in [1.29, 1.82) is 0 Å². The molecule has 0 spiro atoms. The maximum absolute atomic E-state index is 14.1. The van der Waals surface area contributed by atoms with Gasteiger partial charge in [0.05, 0.1) is 17.7 Å². The number of unbranched alkanes of at least 4 members (excludes halogenated alkanes) is 1. The Hall–Kier alpha value is -1.91. The van der Waals surface area contributed by atoms with Crippen molar-refractivity contribution in [2.75, 3.05) is 18.1 Å². The number of amides is 1. The van der Waals surface area contributed by atoms with Gasteiger partial charge in [-0.05, 0) is 55.7 Å². The van der Waals surface area contributed by atoms with Gasteiger partial charge in [-0.15, -0.1) is 0 Å². The molecule has 1 aromatic carbocycles. The standard InChI is InChI=1S/C27H39F5N2O2S.C2H6/c1-4-6-11-37-12-10-26(36)34-24(16-20(5-2)15-23(29)13-19(3)28)25(35)18-33-17-21-8-7-9-22(14-21)27(30,31)32;1-2/h7-9,13-15,19,24-25,33,35H,4-6,10-12,16-18H2,1-3H3,(H,34,36);1-2H3/b20-15+,23-13+;. The number of carbonyl (C=O) groups is 1. The summed E-state index contributed by atoms with van der Waals surface area (Å²) in [6.45, 7) is 9.16. The first kappa shape index (κ1) is 37.1. The second-order valence-corrected chi connectivity index (χ2v) is 10.1. The molecule has 0 aliphatic heterocycles. The molecule has 0 aliphatic carbocycles. The second-order valence-electron chi connectivity index (χ2n) is 8.88. The number of aliphatic hydroxyl groups is 1. The van der Waals surface area contributed by atoms with Crippen molar-refractivity contribution in [1.82, 2.24) is 10.6 Å². The maximum Gasteiger partial charge on any atom is 0.416 e. The van der Waals surface area contributed by atoms with Gasteiger partial charge in [-0.25, -0.2) is 8.78 Å². The van der Waals surface area contributed by atoms with E-state index in [4.69, 9.17) is 0 Å². The first-order valence-electron chi connectivity index (χ1n) is 13.6. The van der Waals surface area contributed by atoms with E-state index in [-0.39, 0.29) is 31.8 Å². The van der Waals surface area contributed by atoms with Gasteiger partial charge < -0.3 is 15.7 Å². The fourth-order valence-corrected chi connectivity index (χ4v) is 4.52. The van der Waals surface area contributed by atoms with Crippen LogP contribution in [0.5, 0.6) is 0 Å². The van der Waals surface area contributed by atoms with Crippen molar-refractivity contribution in [2.24, 2.45) is 0 Å². The van der Waals surface area contributed by atoms with Crippen molar-refractivity contribution in [3.05, 3.63) is 58.9 Å². The highest BCUT2D eigenvalue weighted by molar-refractivity contribution is 7.99. The van der Waals surface area contributed by atoms with Gasteiger partial charge in [-0.2, -0.15) is 24.9 Å². The highest BCUT2D eigenvalue weighted by atomic mass is 32.2. The molecule has 0 saturated heterocycles. The Morgan fingerprint density at radius 1 is 1.18 bits per heavy atom. The number of hydrogen-bond donors (Lipinski definition) is 3.